The number of carbonyl (C=O) groups excluding carboxylic acids is 2. The number of para-hydroxylation sites is 2. The summed E-state index contributed by atoms with van der Waals surface area (Å²) in [7, 11) is 0. The summed E-state index contributed by atoms with van der Waals surface area (Å²) in [5.41, 5.74) is 0.556. The maximum Gasteiger partial charge on any atom is 0.308 e. The number of amides is 2. The zero-order valence-electron chi connectivity index (χ0n) is 12.5. The molecule has 2 amide bonds. The second-order valence-corrected chi connectivity index (χ2v) is 5.79. The molecule has 0 bridgehead atoms. The molecule has 2 aliphatic rings. The Morgan fingerprint density at radius 2 is 2.09 bits per heavy atom. The summed E-state index contributed by atoms with van der Waals surface area (Å²) >= 11 is 0. The first-order valence-corrected chi connectivity index (χ1v) is 7.60. The number of hydrogen-bond acceptors (Lipinski definition) is 4. The molecule has 1 aliphatic heterocycles. The lowest BCUT2D eigenvalue weighted by atomic mass is 10.0. The van der Waals surface area contributed by atoms with Gasteiger partial charge in [-0.05, 0) is 25.0 Å². The summed E-state index contributed by atoms with van der Waals surface area (Å²) < 4.78 is 5.33. The van der Waals surface area contributed by atoms with Crippen LogP contribution in [0.5, 0.6) is 5.75 Å². The molecule has 1 aliphatic carbocycles. The minimum atomic E-state index is -0.888. The molecule has 0 saturated heterocycles. The minimum absolute atomic E-state index is 0.106. The molecule has 0 radical (unpaired) electrons. The van der Waals surface area contributed by atoms with Gasteiger partial charge in [-0.2, -0.15) is 0 Å². The summed E-state index contributed by atoms with van der Waals surface area (Å²) in [4.78, 5) is 36.8. The van der Waals surface area contributed by atoms with E-state index in [-0.39, 0.29) is 31.0 Å². The number of nitrogens with zero attached hydrogens (tertiary/aromatic N) is 1. The fraction of sp³-hybridized carbons (Fsp3) is 0.438. The van der Waals surface area contributed by atoms with Crippen molar-refractivity contribution in [1.82, 2.24) is 5.32 Å². The SMILES string of the molecule is O=C(CN1C(=O)COc2ccccc21)N[C@H]1CCC[C@H]1C(=O)O. The zero-order valence-corrected chi connectivity index (χ0v) is 12.5. The van der Waals surface area contributed by atoms with Crippen LogP contribution >= 0.6 is 0 Å². The molecule has 0 unspecified atom stereocenters. The highest BCUT2D eigenvalue weighted by Gasteiger charge is 2.35. The van der Waals surface area contributed by atoms with E-state index in [2.05, 4.69) is 5.32 Å². The van der Waals surface area contributed by atoms with Crippen LogP contribution in [-0.2, 0) is 14.4 Å². The summed E-state index contributed by atoms with van der Waals surface area (Å²) in [6.45, 7) is -0.243. The molecular formula is C16H18N2O5. The minimum Gasteiger partial charge on any atom is -0.482 e. The van der Waals surface area contributed by atoms with Crippen molar-refractivity contribution in [1.29, 1.82) is 0 Å². The monoisotopic (exact) mass is 318 g/mol. The summed E-state index contributed by atoms with van der Waals surface area (Å²) in [6, 6.07) is 6.65. The van der Waals surface area contributed by atoms with Gasteiger partial charge in [-0.1, -0.05) is 18.6 Å². The van der Waals surface area contributed by atoms with Crippen molar-refractivity contribution in [2.24, 2.45) is 5.92 Å². The number of anilines is 1. The van der Waals surface area contributed by atoms with E-state index >= 15 is 0 Å². The third-order valence-corrected chi connectivity index (χ3v) is 4.29. The zero-order chi connectivity index (χ0) is 16.4. The Morgan fingerprint density at radius 3 is 2.87 bits per heavy atom. The van der Waals surface area contributed by atoms with Gasteiger partial charge in [-0.3, -0.25) is 19.3 Å². The third kappa shape index (κ3) is 3.13. The molecule has 122 valence electrons. The Kier molecular flexibility index (Phi) is 4.18. The van der Waals surface area contributed by atoms with Crippen molar-refractivity contribution in [2.75, 3.05) is 18.1 Å². The highest BCUT2D eigenvalue weighted by Crippen LogP contribution is 2.31. The molecule has 1 aromatic rings. The standard InChI is InChI=1S/C16H18N2O5/c19-14(17-11-5-3-4-10(11)16(21)22)8-18-12-6-1-2-7-13(12)23-9-15(18)20/h1-2,6-7,10-11H,3-5,8-9H2,(H,17,19)(H,21,22)/t10-,11+/m1/s1. The topological polar surface area (TPSA) is 95.9 Å². The maximum atomic E-state index is 12.3. The molecule has 23 heavy (non-hydrogen) atoms. The van der Waals surface area contributed by atoms with E-state index < -0.39 is 11.9 Å². The Balaban J connectivity index is 1.68. The van der Waals surface area contributed by atoms with Crippen molar-refractivity contribution in [3.8, 4) is 5.75 Å². The van der Waals surface area contributed by atoms with Crippen molar-refractivity contribution < 1.29 is 24.2 Å². The van der Waals surface area contributed by atoms with Crippen LogP contribution in [0.15, 0.2) is 24.3 Å². The fourth-order valence-electron chi connectivity index (χ4n) is 3.15. The van der Waals surface area contributed by atoms with Crippen LogP contribution in [0.3, 0.4) is 0 Å². The summed E-state index contributed by atoms with van der Waals surface area (Å²) in [6.07, 6.45) is 2.00. The number of rotatable bonds is 4. The third-order valence-electron chi connectivity index (χ3n) is 4.29. The van der Waals surface area contributed by atoms with Gasteiger partial charge >= 0.3 is 5.97 Å². The molecular weight excluding hydrogens is 300 g/mol. The molecule has 2 N–H and O–H groups in total. The second kappa shape index (κ2) is 6.28. The van der Waals surface area contributed by atoms with Crippen LogP contribution in [0, 0.1) is 5.92 Å². The van der Waals surface area contributed by atoms with Crippen LogP contribution in [0.1, 0.15) is 19.3 Å². The molecule has 1 aromatic carbocycles. The van der Waals surface area contributed by atoms with Crippen molar-refractivity contribution in [2.45, 2.75) is 25.3 Å². The van der Waals surface area contributed by atoms with Gasteiger partial charge in [0.05, 0.1) is 11.6 Å². The van der Waals surface area contributed by atoms with Gasteiger partial charge in [0.25, 0.3) is 5.91 Å². The smallest absolute Gasteiger partial charge is 0.308 e. The number of nitrogens with one attached hydrogen (secondary N) is 1. The first kappa shape index (κ1) is 15.3. The number of carboxylic acids is 1. The number of aliphatic carboxylic acids is 1. The number of hydrogen-bond donors (Lipinski definition) is 2. The molecule has 0 aromatic heterocycles. The van der Waals surface area contributed by atoms with Crippen LogP contribution in [0.25, 0.3) is 0 Å². The normalized spacial score (nSPS) is 23.1. The van der Waals surface area contributed by atoms with Crippen LogP contribution in [0.4, 0.5) is 5.69 Å². The first-order valence-electron chi connectivity index (χ1n) is 7.60. The molecule has 3 rings (SSSR count). The van der Waals surface area contributed by atoms with Crippen LogP contribution in [0.2, 0.25) is 0 Å². The summed E-state index contributed by atoms with van der Waals surface area (Å²) in [5.74, 6) is -1.52. The van der Waals surface area contributed by atoms with Gasteiger partial charge < -0.3 is 15.2 Å². The average Bonchev–Trinajstić information content (AvgIpc) is 2.98. The van der Waals surface area contributed by atoms with Gasteiger partial charge in [0.15, 0.2) is 6.61 Å². The molecule has 2 atom stereocenters. The Hall–Kier alpha value is -2.57. The van der Waals surface area contributed by atoms with Gasteiger partial charge in [0.1, 0.15) is 12.3 Å². The molecule has 7 nitrogen and oxygen atoms in total. The predicted octanol–water partition coefficient (Wildman–Crippen LogP) is 0.781. The molecule has 7 heteroatoms. The van der Waals surface area contributed by atoms with Crippen LogP contribution in [-0.4, -0.2) is 42.1 Å². The Labute approximate surface area is 133 Å². The van der Waals surface area contributed by atoms with E-state index in [0.29, 0.717) is 24.3 Å². The van der Waals surface area contributed by atoms with Gasteiger partial charge in [0, 0.05) is 6.04 Å². The van der Waals surface area contributed by atoms with Crippen molar-refractivity contribution in [3.63, 3.8) is 0 Å². The van der Waals surface area contributed by atoms with E-state index in [1.54, 1.807) is 24.3 Å². The molecule has 1 fully saturated rings. The van der Waals surface area contributed by atoms with Gasteiger partial charge in [-0.25, -0.2) is 0 Å². The van der Waals surface area contributed by atoms with E-state index in [0.717, 1.165) is 6.42 Å². The van der Waals surface area contributed by atoms with Crippen molar-refractivity contribution >= 4 is 23.5 Å². The van der Waals surface area contributed by atoms with Crippen molar-refractivity contribution in [3.05, 3.63) is 24.3 Å². The molecule has 1 heterocycles. The number of carbonyl (C=O) groups is 3. The number of ether oxygens (including phenoxy) is 1. The van der Waals surface area contributed by atoms with E-state index in [9.17, 15) is 14.4 Å². The number of fused-ring (bicyclic) bond motifs is 1. The predicted molar refractivity (Wildman–Crippen MR) is 81.2 cm³/mol. The fourth-order valence-corrected chi connectivity index (χ4v) is 3.15. The quantitative estimate of drug-likeness (QED) is 0.855. The average molecular weight is 318 g/mol. The van der Waals surface area contributed by atoms with E-state index in [1.165, 1.54) is 4.90 Å². The Bertz CT molecular complexity index is 645. The molecule has 1 saturated carbocycles. The molecule has 0 spiro atoms. The van der Waals surface area contributed by atoms with E-state index in [4.69, 9.17) is 9.84 Å². The lowest BCUT2D eigenvalue weighted by molar-refractivity contribution is -0.142. The van der Waals surface area contributed by atoms with Crippen LogP contribution < -0.4 is 15.0 Å². The maximum absolute atomic E-state index is 12.3. The van der Waals surface area contributed by atoms with E-state index in [1.807, 2.05) is 0 Å². The first-order chi connectivity index (χ1) is 11.1. The number of carboxylic acid groups (broad SMARTS) is 1. The second-order valence-electron chi connectivity index (χ2n) is 5.79. The number of benzene rings is 1. The highest BCUT2D eigenvalue weighted by molar-refractivity contribution is 6.02. The Morgan fingerprint density at radius 1 is 1.30 bits per heavy atom. The lowest BCUT2D eigenvalue weighted by Gasteiger charge is -2.29. The highest BCUT2D eigenvalue weighted by atomic mass is 16.5. The van der Waals surface area contributed by atoms with Gasteiger partial charge in [0.2, 0.25) is 5.91 Å². The lowest BCUT2D eigenvalue weighted by Crippen LogP contribution is -2.48. The summed E-state index contributed by atoms with van der Waals surface area (Å²) in [5, 5.41) is 11.9. The largest absolute Gasteiger partial charge is 0.482 e. The van der Waals surface area contributed by atoms with Gasteiger partial charge in [-0.15, -0.1) is 0 Å².